The number of hydrogen-bond donors (Lipinski definition) is 1. The van der Waals surface area contributed by atoms with Gasteiger partial charge in [0.2, 0.25) is 5.78 Å². The second kappa shape index (κ2) is 10.6. The van der Waals surface area contributed by atoms with Gasteiger partial charge in [-0.2, -0.15) is 4.57 Å². The SMILES string of the molecule is Cc1ccc(S(=O)(=O)NC2=C([n+]3ccc(CCCc4ccccc4)cc3)C(=O)c3ccccc3C2=O)cc1. The quantitative estimate of drug-likeness (QED) is 0.340. The molecule has 0 atom stereocenters. The number of fused-ring (bicyclic) bond motifs is 1. The zero-order chi connectivity index (χ0) is 26.7. The van der Waals surface area contributed by atoms with Gasteiger partial charge in [0.05, 0.1) is 4.90 Å². The lowest BCUT2D eigenvalue weighted by Gasteiger charge is -2.18. The normalized spacial score (nSPS) is 13.4. The highest BCUT2D eigenvalue weighted by molar-refractivity contribution is 7.89. The van der Waals surface area contributed by atoms with Crippen LogP contribution in [0.4, 0.5) is 0 Å². The predicted octanol–water partition coefficient (Wildman–Crippen LogP) is 4.68. The first-order valence-electron chi connectivity index (χ1n) is 12.4. The summed E-state index contributed by atoms with van der Waals surface area (Å²) >= 11 is 0. The van der Waals surface area contributed by atoms with Crippen molar-refractivity contribution in [2.24, 2.45) is 0 Å². The first-order chi connectivity index (χ1) is 18.3. The minimum absolute atomic E-state index is 0.00724. The molecule has 0 aliphatic heterocycles. The number of nitrogens with one attached hydrogen (secondary N) is 1. The summed E-state index contributed by atoms with van der Waals surface area (Å²) in [5, 5.41) is 0. The summed E-state index contributed by atoms with van der Waals surface area (Å²) in [6, 6.07) is 26.8. The fraction of sp³-hybridized carbons (Fsp3) is 0.129. The summed E-state index contributed by atoms with van der Waals surface area (Å²) in [4.78, 5) is 27.1. The average molecular weight is 524 g/mol. The number of sulfonamides is 1. The van der Waals surface area contributed by atoms with E-state index in [2.05, 4.69) is 16.9 Å². The molecule has 0 bridgehead atoms. The Morgan fingerprint density at radius 2 is 1.24 bits per heavy atom. The van der Waals surface area contributed by atoms with Gasteiger partial charge in [-0.15, -0.1) is 0 Å². The molecular weight excluding hydrogens is 496 g/mol. The topological polar surface area (TPSA) is 84.2 Å². The second-order valence-electron chi connectivity index (χ2n) is 9.30. The van der Waals surface area contributed by atoms with Crippen molar-refractivity contribution in [2.45, 2.75) is 31.1 Å². The van der Waals surface area contributed by atoms with Crippen LogP contribution in [0.25, 0.3) is 5.70 Å². The van der Waals surface area contributed by atoms with Gasteiger partial charge in [0.15, 0.2) is 18.1 Å². The lowest BCUT2D eigenvalue weighted by atomic mass is 9.90. The number of pyridine rings is 1. The van der Waals surface area contributed by atoms with Gasteiger partial charge in [0.25, 0.3) is 21.5 Å². The van der Waals surface area contributed by atoms with Crippen molar-refractivity contribution in [1.82, 2.24) is 4.72 Å². The Balaban J connectivity index is 1.48. The number of ketones is 2. The van der Waals surface area contributed by atoms with E-state index in [1.54, 1.807) is 42.7 Å². The minimum Gasteiger partial charge on any atom is -0.287 e. The maximum atomic E-state index is 13.6. The van der Waals surface area contributed by atoms with Crippen molar-refractivity contribution in [3.8, 4) is 0 Å². The summed E-state index contributed by atoms with van der Waals surface area (Å²) in [6.07, 6.45) is 6.16. The summed E-state index contributed by atoms with van der Waals surface area (Å²) in [6.45, 7) is 1.85. The van der Waals surface area contributed by atoms with Gasteiger partial charge in [-0.3, -0.25) is 14.3 Å². The van der Waals surface area contributed by atoms with E-state index in [4.69, 9.17) is 0 Å². The van der Waals surface area contributed by atoms with Crippen molar-refractivity contribution >= 4 is 27.3 Å². The predicted molar refractivity (Wildman–Crippen MR) is 145 cm³/mol. The molecule has 6 nitrogen and oxygen atoms in total. The molecule has 190 valence electrons. The monoisotopic (exact) mass is 523 g/mol. The van der Waals surface area contributed by atoms with E-state index < -0.39 is 21.6 Å². The standard InChI is InChI=1S/C31H26N2O4S/c1-22-14-16-25(17-15-22)38(36,37)32-28-29(31(35)27-13-6-5-12-26(27)30(28)34)33-20-18-24(19-21-33)11-7-10-23-8-3-2-4-9-23/h2-6,8-9,12-21H,7,10-11H2,1H3/p+1. The molecule has 7 heteroatoms. The number of allylic oxidation sites excluding steroid dienone is 2. The highest BCUT2D eigenvalue weighted by Crippen LogP contribution is 2.26. The lowest BCUT2D eigenvalue weighted by Crippen LogP contribution is -2.44. The summed E-state index contributed by atoms with van der Waals surface area (Å²) in [5.74, 6) is -0.978. The van der Waals surface area contributed by atoms with E-state index in [-0.39, 0.29) is 27.4 Å². The van der Waals surface area contributed by atoms with Crippen LogP contribution in [0.15, 0.2) is 114 Å². The fourth-order valence-corrected chi connectivity index (χ4v) is 5.60. The highest BCUT2D eigenvalue weighted by Gasteiger charge is 2.40. The molecule has 5 rings (SSSR count). The van der Waals surface area contributed by atoms with Crippen LogP contribution in [0.2, 0.25) is 0 Å². The molecule has 4 aromatic rings. The smallest absolute Gasteiger partial charge is 0.287 e. The van der Waals surface area contributed by atoms with Gasteiger partial charge in [-0.1, -0.05) is 72.3 Å². The average Bonchev–Trinajstić information content (AvgIpc) is 2.93. The number of Topliss-reactive ketones (excluding diaryl/α,β-unsaturated/α-hetero) is 2. The molecule has 0 unspecified atom stereocenters. The molecule has 0 saturated heterocycles. The molecule has 1 heterocycles. The number of carbonyl (C=O) groups excluding carboxylic acids is 2. The molecule has 1 aliphatic carbocycles. The van der Waals surface area contributed by atoms with Crippen molar-refractivity contribution < 1.29 is 22.6 Å². The summed E-state index contributed by atoms with van der Waals surface area (Å²) < 4.78 is 30.4. The number of benzene rings is 3. The van der Waals surface area contributed by atoms with Gasteiger partial charge in [0.1, 0.15) is 0 Å². The molecule has 0 radical (unpaired) electrons. The molecule has 0 amide bonds. The van der Waals surface area contributed by atoms with Gasteiger partial charge < -0.3 is 0 Å². The molecular formula is C31H27N2O4S+. The maximum absolute atomic E-state index is 13.6. The van der Waals surface area contributed by atoms with Crippen LogP contribution in [-0.4, -0.2) is 20.0 Å². The Hall–Kier alpha value is -4.36. The number of rotatable bonds is 8. The van der Waals surface area contributed by atoms with Gasteiger partial charge in [-0.25, -0.2) is 8.42 Å². The van der Waals surface area contributed by atoms with Crippen LogP contribution in [0.5, 0.6) is 0 Å². The molecule has 1 N–H and O–H groups in total. The van der Waals surface area contributed by atoms with Crippen molar-refractivity contribution in [2.75, 3.05) is 0 Å². The largest absolute Gasteiger partial charge is 0.287 e. The Morgan fingerprint density at radius 1 is 0.684 bits per heavy atom. The zero-order valence-electron chi connectivity index (χ0n) is 20.9. The number of carbonyl (C=O) groups is 2. The van der Waals surface area contributed by atoms with E-state index in [0.717, 1.165) is 30.4 Å². The van der Waals surface area contributed by atoms with Crippen molar-refractivity contribution in [3.63, 3.8) is 0 Å². The van der Waals surface area contributed by atoms with Gasteiger partial charge in [0, 0.05) is 23.3 Å². The third-order valence-electron chi connectivity index (χ3n) is 6.59. The third-order valence-corrected chi connectivity index (χ3v) is 7.96. The number of hydrogen-bond acceptors (Lipinski definition) is 4. The molecule has 38 heavy (non-hydrogen) atoms. The Labute approximate surface area is 222 Å². The second-order valence-corrected chi connectivity index (χ2v) is 11.0. The Bertz CT molecular complexity index is 1640. The lowest BCUT2D eigenvalue weighted by molar-refractivity contribution is -0.577. The molecule has 1 aromatic heterocycles. The molecule has 0 saturated carbocycles. The molecule has 1 aliphatic rings. The van der Waals surface area contributed by atoms with E-state index in [9.17, 15) is 18.0 Å². The first-order valence-corrected chi connectivity index (χ1v) is 13.9. The summed E-state index contributed by atoms with van der Waals surface area (Å²) in [7, 11) is -4.12. The Kier molecular flexibility index (Phi) is 7.03. The highest BCUT2D eigenvalue weighted by atomic mass is 32.2. The van der Waals surface area contributed by atoms with Crippen LogP contribution in [0, 0.1) is 6.92 Å². The van der Waals surface area contributed by atoms with E-state index in [0.29, 0.717) is 0 Å². The van der Waals surface area contributed by atoms with E-state index in [1.165, 1.54) is 28.3 Å². The number of nitrogens with zero attached hydrogens (tertiary/aromatic N) is 1. The zero-order valence-corrected chi connectivity index (χ0v) is 21.7. The van der Waals surface area contributed by atoms with Gasteiger partial charge >= 0.3 is 0 Å². The third kappa shape index (κ3) is 5.19. The molecule has 0 spiro atoms. The number of aryl methyl sites for hydroxylation is 3. The van der Waals surface area contributed by atoms with E-state index >= 15 is 0 Å². The van der Waals surface area contributed by atoms with Crippen LogP contribution < -0.4 is 9.29 Å². The van der Waals surface area contributed by atoms with Crippen LogP contribution >= 0.6 is 0 Å². The first kappa shape index (κ1) is 25.3. The van der Waals surface area contributed by atoms with Crippen molar-refractivity contribution in [1.29, 1.82) is 0 Å². The number of aromatic nitrogens is 1. The summed E-state index contributed by atoms with van der Waals surface area (Å²) in [5.41, 5.74) is 3.37. The van der Waals surface area contributed by atoms with Crippen molar-refractivity contribution in [3.05, 3.63) is 137 Å². The molecule has 3 aromatic carbocycles. The minimum atomic E-state index is -4.12. The molecule has 0 fully saturated rings. The van der Waals surface area contributed by atoms with Crippen LogP contribution in [0.3, 0.4) is 0 Å². The van der Waals surface area contributed by atoms with Crippen LogP contribution in [-0.2, 0) is 22.9 Å². The van der Waals surface area contributed by atoms with Gasteiger partial charge in [-0.05, 0) is 49.4 Å². The maximum Gasteiger partial charge on any atom is 0.287 e. The Morgan fingerprint density at radius 3 is 1.87 bits per heavy atom. The van der Waals surface area contributed by atoms with Crippen LogP contribution in [0.1, 0.15) is 43.8 Å². The van der Waals surface area contributed by atoms with E-state index in [1.807, 2.05) is 37.3 Å². The fourth-order valence-electron chi connectivity index (χ4n) is 4.53.